The van der Waals surface area contributed by atoms with Crippen LogP contribution in [0.25, 0.3) is 11.0 Å². The first-order valence-corrected chi connectivity index (χ1v) is 8.08. The fourth-order valence-corrected chi connectivity index (χ4v) is 2.66. The first-order chi connectivity index (χ1) is 11.6. The van der Waals surface area contributed by atoms with Gasteiger partial charge in [-0.15, -0.1) is 0 Å². The molecule has 1 fully saturated rings. The average molecular weight is 343 g/mol. The van der Waals surface area contributed by atoms with Crippen molar-refractivity contribution in [2.75, 3.05) is 5.32 Å². The van der Waals surface area contributed by atoms with Gasteiger partial charge in [0.25, 0.3) is 0 Å². The van der Waals surface area contributed by atoms with Gasteiger partial charge in [0, 0.05) is 24.5 Å². The van der Waals surface area contributed by atoms with Crippen molar-refractivity contribution in [3.05, 3.63) is 41.1 Å². The molecule has 1 amide bonds. The van der Waals surface area contributed by atoms with Gasteiger partial charge in [-0.3, -0.25) is 9.48 Å². The van der Waals surface area contributed by atoms with Gasteiger partial charge >= 0.3 is 0 Å². The summed E-state index contributed by atoms with van der Waals surface area (Å²) in [7, 11) is 1.81. The van der Waals surface area contributed by atoms with E-state index in [2.05, 4.69) is 25.4 Å². The van der Waals surface area contributed by atoms with Gasteiger partial charge in [0.2, 0.25) is 5.91 Å². The van der Waals surface area contributed by atoms with Gasteiger partial charge in [-0.2, -0.15) is 5.10 Å². The average Bonchev–Trinajstić information content (AvgIpc) is 3.33. The van der Waals surface area contributed by atoms with E-state index in [1.165, 1.54) is 6.20 Å². The predicted molar refractivity (Wildman–Crippen MR) is 89.9 cm³/mol. The lowest BCUT2D eigenvalue weighted by Gasteiger charge is -2.05. The highest BCUT2D eigenvalue weighted by Gasteiger charge is 2.28. The summed E-state index contributed by atoms with van der Waals surface area (Å²) < 4.78 is 1.67. The molecule has 0 bridgehead atoms. The quantitative estimate of drug-likeness (QED) is 0.787. The summed E-state index contributed by atoms with van der Waals surface area (Å²) in [6.45, 7) is 0. The zero-order valence-corrected chi connectivity index (χ0v) is 13.8. The van der Waals surface area contributed by atoms with Crippen LogP contribution in [0.5, 0.6) is 0 Å². The molecule has 7 nitrogen and oxygen atoms in total. The Morgan fingerprint density at radius 2 is 2.21 bits per heavy atom. The van der Waals surface area contributed by atoms with Crippen LogP contribution < -0.4 is 5.32 Å². The largest absolute Gasteiger partial charge is 0.310 e. The van der Waals surface area contributed by atoms with Gasteiger partial charge in [-0.05, 0) is 31.0 Å². The zero-order valence-electron chi connectivity index (χ0n) is 13.0. The summed E-state index contributed by atoms with van der Waals surface area (Å²) in [5.41, 5.74) is 0.534. The number of aryl methyl sites for hydroxylation is 1. The van der Waals surface area contributed by atoms with E-state index in [4.69, 9.17) is 11.6 Å². The number of nitrogens with one attached hydrogen (secondary N) is 1. The second-order valence-electron chi connectivity index (χ2n) is 5.91. The van der Waals surface area contributed by atoms with Gasteiger partial charge in [-0.1, -0.05) is 11.6 Å². The van der Waals surface area contributed by atoms with Crippen molar-refractivity contribution in [1.82, 2.24) is 24.7 Å². The van der Waals surface area contributed by atoms with Crippen LogP contribution in [-0.2, 0) is 18.3 Å². The van der Waals surface area contributed by atoms with Crippen molar-refractivity contribution in [2.45, 2.75) is 25.2 Å². The molecule has 122 valence electrons. The Morgan fingerprint density at radius 3 is 3.00 bits per heavy atom. The third-order valence-corrected chi connectivity index (χ3v) is 4.11. The number of halogens is 1. The molecule has 1 aliphatic carbocycles. The molecule has 3 heterocycles. The summed E-state index contributed by atoms with van der Waals surface area (Å²) in [5.74, 6) is 2.22. The van der Waals surface area contributed by atoms with Crippen molar-refractivity contribution in [1.29, 1.82) is 0 Å². The Morgan fingerprint density at radius 1 is 1.38 bits per heavy atom. The maximum absolute atomic E-state index is 12.2. The van der Waals surface area contributed by atoms with E-state index in [9.17, 15) is 4.79 Å². The molecule has 0 radical (unpaired) electrons. The molecule has 0 aliphatic heterocycles. The Hall–Kier alpha value is -2.54. The van der Waals surface area contributed by atoms with Gasteiger partial charge in [-0.25, -0.2) is 15.0 Å². The summed E-state index contributed by atoms with van der Waals surface area (Å²) >= 11 is 5.90. The maximum Gasteiger partial charge on any atom is 0.233 e. The number of anilines is 1. The molecule has 3 aromatic rings. The Labute approximate surface area is 143 Å². The lowest BCUT2D eigenvalue weighted by atomic mass is 10.3. The summed E-state index contributed by atoms with van der Waals surface area (Å²) in [6.07, 6.45) is 3.95. The van der Waals surface area contributed by atoms with Crippen LogP contribution in [0, 0.1) is 0 Å². The number of carbonyl (C=O) groups is 1. The second kappa shape index (κ2) is 5.83. The van der Waals surface area contributed by atoms with Crippen LogP contribution in [-0.4, -0.2) is 30.6 Å². The molecule has 0 aromatic carbocycles. The third-order valence-electron chi connectivity index (χ3n) is 3.91. The number of aromatic nitrogens is 5. The van der Waals surface area contributed by atoms with Crippen molar-refractivity contribution in [3.8, 4) is 0 Å². The molecule has 0 unspecified atom stereocenters. The molecular weight excluding hydrogens is 328 g/mol. The fraction of sp³-hybridized carbons (Fsp3) is 0.312. The number of carbonyl (C=O) groups excluding carboxylic acids is 1. The van der Waals surface area contributed by atoms with Crippen LogP contribution in [0.3, 0.4) is 0 Å². The van der Waals surface area contributed by atoms with Crippen molar-refractivity contribution >= 4 is 34.4 Å². The second-order valence-corrected chi connectivity index (χ2v) is 6.34. The monoisotopic (exact) mass is 342 g/mol. The van der Waals surface area contributed by atoms with Crippen LogP contribution in [0.15, 0.2) is 24.4 Å². The highest BCUT2D eigenvalue weighted by molar-refractivity contribution is 6.31. The number of fused-ring (bicyclic) bond motifs is 1. The Kier molecular flexibility index (Phi) is 3.65. The van der Waals surface area contributed by atoms with Crippen LogP contribution in [0.4, 0.5) is 5.82 Å². The van der Waals surface area contributed by atoms with E-state index in [1.807, 2.05) is 13.1 Å². The van der Waals surface area contributed by atoms with Crippen molar-refractivity contribution in [2.24, 2.45) is 7.05 Å². The van der Waals surface area contributed by atoms with E-state index >= 15 is 0 Å². The fourth-order valence-electron chi connectivity index (χ4n) is 2.49. The number of pyridine rings is 2. The van der Waals surface area contributed by atoms with E-state index in [0.29, 0.717) is 28.2 Å². The molecule has 3 aromatic heterocycles. The summed E-state index contributed by atoms with van der Waals surface area (Å²) in [6, 6.07) is 5.33. The van der Waals surface area contributed by atoms with Gasteiger partial charge in [0.1, 0.15) is 11.6 Å². The number of rotatable bonds is 4. The summed E-state index contributed by atoms with van der Waals surface area (Å²) in [4.78, 5) is 25.2. The third kappa shape index (κ3) is 3.07. The number of hydrogen-bond donors (Lipinski definition) is 1. The van der Waals surface area contributed by atoms with Crippen molar-refractivity contribution < 1.29 is 4.79 Å². The van der Waals surface area contributed by atoms with E-state index in [-0.39, 0.29) is 12.3 Å². The van der Waals surface area contributed by atoms with Gasteiger partial charge < -0.3 is 5.32 Å². The van der Waals surface area contributed by atoms with E-state index < -0.39 is 0 Å². The van der Waals surface area contributed by atoms with E-state index in [0.717, 1.165) is 24.1 Å². The van der Waals surface area contributed by atoms with Gasteiger partial charge in [0.05, 0.1) is 11.4 Å². The Balaban J connectivity index is 1.48. The smallest absolute Gasteiger partial charge is 0.233 e. The summed E-state index contributed by atoms with van der Waals surface area (Å²) in [5, 5.41) is 8.52. The lowest BCUT2D eigenvalue weighted by Crippen LogP contribution is -2.17. The van der Waals surface area contributed by atoms with Crippen LogP contribution in [0.2, 0.25) is 5.02 Å². The molecular formula is C16H15ClN6O. The van der Waals surface area contributed by atoms with Crippen LogP contribution >= 0.6 is 11.6 Å². The number of hydrogen-bond acceptors (Lipinski definition) is 5. The number of amides is 1. The molecule has 8 heteroatoms. The molecule has 4 rings (SSSR count). The molecule has 0 saturated heterocycles. The highest BCUT2D eigenvalue weighted by Crippen LogP contribution is 2.38. The minimum Gasteiger partial charge on any atom is -0.310 e. The molecule has 1 N–H and O–H groups in total. The standard InChI is InChI=1S/C16H15ClN6O/c1-23-13(21-16(22-23)9-2-3-9)7-14(24)19-12-5-4-10-6-11(17)8-18-15(10)20-12/h4-6,8-9H,2-3,7H2,1H3,(H,18,19,20,24). The SMILES string of the molecule is Cn1nc(C2CC2)nc1CC(=O)Nc1ccc2cc(Cl)cnc2n1. The molecule has 0 atom stereocenters. The van der Waals surface area contributed by atoms with Gasteiger partial charge in [0.15, 0.2) is 11.5 Å². The first-order valence-electron chi connectivity index (χ1n) is 7.70. The van der Waals surface area contributed by atoms with E-state index in [1.54, 1.807) is 16.8 Å². The zero-order chi connectivity index (χ0) is 16.7. The maximum atomic E-state index is 12.2. The predicted octanol–water partition coefficient (Wildman–Crippen LogP) is 2.47. The lowest BCUT2D eigenvalue weighted by molar-refractivity contribution is -0.115. The minimum atomic E-state index is -0.186. The molecule has 24 heavy (non-hydrogen) atoms. The first kappa shape index (κ1) is 15.0. The molecule has 1 saturated carbocycles. The minimum absolute atomic E-state index is 0.157. The number of nitrogens with zero attached hydrogens (tertiary/aromatic N) is 5. The van der Waals surface area contributed by atoms with Crippen molar-refractivity contribution in [3.63, 3.8) is 0 Å². The topological polar surface area (TPSA) is 85.6 Å². The highest BCUT2D eigenvalue weighted by atomic mass is 35.5. The Bertz CT molecular complexity index is 933. The molecule has 0 spiro atoms. The normalized spacial score (nSPS) is 14.1. The van der Waals surface area contributed by atoms with Crippen LogP contribution in [0.1, 0.15) is 30.4 Å². The molecule has 1 aliphatic rings.